The fourth-order valence-electron chi connectivity index (χ4n) is 3.42. The molecule has 0 saturated heterocycles. The fraction of sp³-hybridized carbons (Fsp3) is 0.680. The molecular weight excluding hydrogens is 392 g/mol. The van der Waals surface area contributed by atoms with Gasteiger partial charge in [0.1, 0.15) is 11.5 Å². The Kier molecular flexibility index (Phi) is 16.0. The van der Waals surface area contributed by atoms with Crippen LogP contribution in [-0.2, 0) is 4.79 Å². The zero-order chi connectivity index (χ0) is 21.9. The molecule has 1 aromatic heterocycles. The standard InChI is InChI=1S/C25H42N2O2S/c1-3-4-5-6-7-8-9-10-11-12-13-14-15-16-21-26-25(30)27-24(28)20-19-23-18-17-22(2)29-23/h17-20H,3-16,21H2,1-2H3,(H2,26,27,28,30). The van der Waals surface area contributed by atoms with Crippen molar-refractivity contribution < 1.29 is 9.21 Å². The molecule has 170 valence electrons. The number of rotatable bonds is 17. The van der Waals surface area contributed by atoms with Gasteiger partial charge in [0.25, 0.3) is 0 Å². The highest BCUT2D eigenvalue weighted by molar-refractivity contribution is 7.80. The average molecular weight is 435 g/mol. The lowest BCUT2D eigenvalue weighted by Crippen LogP contribution is -2.38. The van der Waals surface area contributed by atoms with Gasteiger partial charge in [0, 0.05) is 12.6 Å². The number of aryl methyl sites for hydroxylation is 1. The van der Waals surface area contributed by atoms with Gasteiger partial charge in [-0.15, -0.1) is 0 Å². The van der Waals surface area contributed by atoms with Crippen molar-refractivity contribution in [1.29, 1.82) is 0 Å². The number of hydrogen-bond acceptors (Lipinski definition) is 3. The quantitative estimate of drug-likeness (QED) is 0.156. The third-order valence-electron chi connectivity index (χ3n) is 5.21. The van der Waals surface area contributed by atoms with Crippen molar-refractivity contribution in [2.24, 2.45) is 0 Å². The molecule has 0 aliphatic heterocycles. The summed E-state index contributed by atoms with van der Waals surface area (Å²) >= 11 is 5.16. The molecule has 0 aliphatic rings. The SMILES string of the molecule is CCCCCCCCCCCCCCCCNC(=S)NC(=O)C=Cc1ccc(C)o1. The third kappa shape index (κ3) is 15.3. The van der Waals surface area contributed by atoms with Gasteiger partial charge in [-0.3, -0.25) is 10.1 Å². The maximum Gasteiger partial charge on any atom is 0.250 e. The summed E-state index contributed by atoms with van der Waals surface area (Å²) in [6.07, 6.45) is 22.0. The van der Waals surface area contributed by atoms with E-state index in [-0.39, 0.29) is 5.91 Å². The van der Waals surface area contributed by atoms with Crippen LogP contribution in [-0.4, -0.2) is 17.6 Å². The molecule has 0 bridgehead atoms. The highest BCUT2D eigenvalue weighted by Gasteiger charge is 2.01. The number of furan rings is 1. The van der Waals surface area contributed by atoms with Crippen LogP contribution in [0.4, 0.5) is 0 Å². The van der Waals surface area contributed by atoms with Crippen LogP contribution in [0.3, 0.4) is 0 Å². The van der Waals surface area contributed by atoms with E-state index in [4.69, 9.17) is 16.6 Å². The summed E-state index contributed by atoms with van der Waals surface area (Å²) in [4.78, 5) is 11.8. The van der Waals surface area contributed by atoms with E-state index in [1.807, 2.05) is 19.1 Å². The van der Waals surface area contributed by atoms with Crippen LogP contribution in [0.1, 0.15) is 108 Å². The molecule has 0 atom stereocenters. The molecule has 0 spiro atoms. The first kappa shape index (κ1) is 26.4. The van der Waals surface area contributed by atoms with Gasteiger partial charge < -0.3 is 9.73 Å². The zero-order valence-corrected chi connectivity index (χ0v) is 20.0. The lowest BCUT2D eigenvalue weighted by atomic mass is 10.0. The summed E-state index contributed by atoms with van der Waals surface area (Å²) in [6, 6.07) is 3.69. The Morgan fingerprint density at radius 1 is 0.900 bits per heavy atom. The van der Waals surface area contributed by atoms with Crippen LogP contribution in [0.2, 0.25) is 0 Å². The fourth-order valence-corrected chi connectivity index (χ4v) is 3.62. The van der Waals surface area contributed by atoms with Crippen molar-refractivity contribution in [2.75, 3.05) is 6.54 Å². The Balaban J connectivity index is 1.86. The van der Waals surface area contributed by atoms with Crippen LogP contribution in [0, 0.1) is 6.92 Å². The van der Waals surface area contributed by atoms with E-state index in [2.05, 4.69) is 17.6 Å². The molecule has 1 rings (SSSR count). The summed E-state index contributed by atoms with van der Waals surface area (Å²) in [5.74, 6) is 1.23. The number of hydrogen-bond donors (Lipinski definition) is 2. The van der Waals surface area contributed by atoms with E-state index in [9.17, 15) is 4.79 Å². The predicted octanol–water partition coefficient (Wildman–Crippen LogP) is 7.07. The molecule has 30 heavy (non-hydrogen) atoms. The number of carbonyl (C=O) groups is 1. The van der Waals surface area contributed by atoms with Gasteiger partial charge in [0.15, 0.2) is 5.11 Å². The number of thiocarbonyl (C=S) groups is 1. The second-order valence-electron chi connectivity index (χ2n) is 8.12. The first-order valence-corrected chi connectivity index (χ1v) is 12.4. The molecule has 0 radical (unpaired) electrons. The van der Waals surface area contributed by atoms with Crippen LogP contribution in [0.15, 0.2) is 22.6 Å². The van der Waals surface area contributed by atoms with Crippen molar-refractivity contribution in [3.8, 4) is 0 Å². The predicted molar refractivity (Wildman–Crippen MR) is 132 cm³/mol. The minimum Gasteiger partial charge on any atom is -0.462 e. The Bertz CT molecular complexity index is 610. The van der Waals surface area contributed by atoms with Gasteiger partial charge in [0.2, 0.25) is 5.91 Å². The molecule has 0 saturated carbocycles. The van der Waals surface area contributed by atoms with E-state index in [1.165, 1.54) is 89.5 Å². The second-order valence-corrected chi connectivity index (χ2v) is 8.53. The topological polar surface area (TPSA) is 54.3 Å². The molecule has 0 fully saturated rings. The molecule has 1 amide bonds. The normalized spacial score (nSPS) is 11.1. The van der Waals surface area contributed by atoms with Gasteiger partial charge in [-0.05, 0) is 43.8 Å². The van der Waals surface area contributed by atoms with Crippen molar-refractivity contribution in [3.05, 3.63) is 29.7 Å². The van der Waals surface area contributed by atoms with Crippen LogP contribution >= 0.6 is 12.2 Å². The summed E-state index contributed by atoms with van der Waals surface area (Å²) in [5.41, 5.74) is 0. The molecule has 0 aromatic carbocycles. The van der Waals surface area contributed by atoms with E-state index >= 15 is 0 Å². The Morgan fingerprint density at radius 3 is 1.93 bits per heavy atom. The van der Waals surface area contributed by atoms with Crippen molar-refractivity contribution in [1.82, 2.24) is 10.6 Å². The third-order valence-corrected chi connectivity index (χ3v) is 5.46. The van der Waals surface area contributed by atoms with E-state index in [0.29, 0.717) is 10.9 Å². The maximum atomic E-state index is 11.8. The first-order chi connectivity index (χ1) is 14.6. The summed E-state index contributed by atoms with van der Waals surface area (Å²) < 4.78 is 5.38. The molecule has 2 N–H and O–H groups in total. The van der Waals surface area contributed by atoms with Crippen LogP contribution in [0.5, 0.6) is 0 Å². The van der Waals surface area contributed by atoms with Crippen molar-refractivity contribution in [3.63, 3.8) is 0 Å². The minimum absolute atomic E-state index is 0.248. The van der Waals surface area contributed by atoms with Crippen molar-refractivity contribution >= 4 is 29.3 Å². The van der Waals surface area contributed by atoms with Crippen molar-refractivity contribution in [2.45, 2.75) is 104 Å². The largest absolute Gasteiger partial charge is 0.462 e. The highest BCUT2D eigenvalue weighted by atomic mass is 32.1. The lowest BCUT2D eigenvalue weighted by molar-refractivity contribution is -0.115. The number of unbranched alkanes of at least 4 members (excludes halogenated alkanes) is 13. The van der Waals surface area contributed by atoms with Gasteiger partial charge in [0.05, 0.1) is 0 Å². The Hall–Kier alpha value is -1.62. The molecule has 4 nitrogen and oxygen atoms in total. The molecule has 1 heterocycles. The second kappa shape index (κ2) is 18.2. The van der Waals surface area contributed by atoms with E-state index in [1.54, 1.807) is 6.08 Å². The number of nitrogens with one attached hydrogen (secondary N) is 2. The molecular formula is C25H42N2O2S. The number of amides is 1. The summed E-state index contributed by atoms with van der Waals surface area (Å²) in [5, 5.41) is 6.15. The van der Waals surface area contributed by atoms with E-state index < -0.39 is 0 Å². The monoisotopic (exact) mass is 434 g/mol. The Labute approximate surface area is 189 Å². The minimum atomic E-state index is -0.248. The van der Waals surface area contributed by atoms with E-state index in [0.717, 1.165) is 18.7 Å². The smallest absolute Gasteiger partial charge is 0.250 e. The molecule has 5 heteroatoms. The molecule has 0 unspecified atom stereocenters. The Morgan fingerprint density at radius 2 is 1.43 bits per heavy atom. The van der Waals surface area contributed by atoms with Gasteiger partial charge in [-0.25, -0.2) is 0 Å². The highest BCUT2D eigenvalue weighted by Crippen LogP contribution is 2.12. The average Bonchev–Trinajstić information content (AvgIpc) is 3.14. The van der Waals surface area contributed by atoms with Gasteiger partial charge >= 0.3 is 0 Å². The van der Waals surface area contributed by atoms with Gasteiger partial charge in [-0.1, -0.05) is 90.4 Å². The molecule has 0 aliphatic carbocycles. The number of carbonyl (C=O) groups excluding carboxylic acids is 1. The summed E-state index contributed by atoms with van der Waals surface area (Å²) in [6.45, 7) is 4.95. The van der Waals surface area contributed by atoms with Crippen LogP contribution < -0.4 is 10.6 Å². The maximum absolute atomic E-state index is 11.8. The van der Waals surface area contributed by atoms with Crippen LogP contribution in [0.25, 0.3) is 6.08 Å². The summed E-state index contributed by atoms with van der Waals surface area (Å²) in [7, 11) is 0. The zero-order valence-electron chi connectivity index (χ0n) is 19.1. The lowest BCUT2D eigenvalue weighted by Gasteiger charge is -2.08. The van der Waals surface area contributed by atoms with Gasteiger partial charge in [-0.2, -0.15) is 0 Å². The molecule has 1 aromatic rings. The first-order valence-electron chi connectivity index (χ1n) is 11.9.